The average molecular weight is 670 g/mol. The van der Waals surface area contributed by atoms with Crippen molar-refractivity contribution in [2.75, 3.05) is 19.6 Å². The molecule has 0 aromatic heterocycles. The van der Waals surface area contributed by atoms with E-state index in [-0.39, 0.29) is 18.2 Å². The summed E-state index contributed by atoms with van der Waals surface area (Å²) in [6.07, 6.45) is 52.1. The van der Waals surface area contributed by atoms with Gasteiger partial charge in [-0.05, 0) is 103 Å². The third-order valence-electron chi connectivity index (χ3n) is 9.54. The third-order valence-corrected chi connectivity index (χ3v) is 9.54. The van der Waals surface area contributed by atoms with Crippen molar-refractivity contribution < 1.29 is 14.6 Å². The van der Waals surface area contributed by atoms with Gasteiger partial charge < -0.3 is 9.84 Å². The fourth-order valence-electron chi connectivity index (χ4n) is 6.40. The van der Waals surface area contributed by atoms with Crippen LogP contribution in [0.5, 0.6) is 0 Å². The minimum absolute atomic E-state index is 0.0267. The van der Waals surface area contributed by atoms with Gasteiger partial charge in [0.05, 0.1) is 6.10 Å². The van der Waals surface area contributed by atoms with Crippen LogP contribution in [-0.4, -0.2) is 47.8 Å². The van der Waals surface area contributed by atoms with Crippen molar-refractivity contribution in [2.45, 2.75) is 206 Å². The number of β-amino-alcohol motifs (C(OH)–C–C–N with tert-alkyl or cyclic N) is 1. The largest absolute Gasteiger partial charge is 0.462 e. The van der Waals surface area contributed by atoms with Gasteiger partial charge in [0.25, 0.3) is 0 Å². The SMILES string of the molecule is CCCCC/C=C\C/C=C\CCCCCCCCC(CCCCCCCC/C=C\C/C=C\CCCCC)OC(=O)CCCN1CC(O)C1. The van der Waals surface area contributed by atoms with E-state index in [0.717, 1.165) is 64.6 Å². The Bertz CT molecular complexity index is 762. The number of hydrogen-bond donors (Lipinski definition) is 1. The summed E-state index contributed by atoms with van der Waals surface area (Å²) in [5.74, 6) is -0.0267. The van der Waals surface area contributed by atoms with E-state index >= 15 is 0 Å². The molecule has 4 nitrogen and oxygen atoms in total. The number of carbonyl (C=O) groups excluding carboxylic acids is 1. The summed E-state index contributed by atoms with van der Waals surface area (Å²) < 4.78 is 6.02. The molecule has 0 aliphatic carbocycles. The normalized spacial score (nSPS) is 14.5. The molecular weight excluding hydrogens is 590 g/mol. The smallest absolute Gasteiger partial charge is 0.306 e. The predicted molar refractivity (Wildman–Crippen MR) is 210 cm³/mol. The Morgan fingerprint density at radius 2 is 0.979 bits per heavy atom. The Kier molecular flexibility index (Phi) is 32.5. The third kappa shape index (κ3) is 30.4. The lowest BCUT2D eigenvalue weighted by Gasteiger charge is -2.35. The molecule has 1 heterocycles. The van der Waals surface area contributed by atoms with Gasteiger partial charge in [0, 0.05) is 19.5 Å². The monoisotopic (exact) mass is 670 g/mol. The molecule has 1 aliphatic rings. The van der Waals surface area contributed by atoms with Gasteiger partial charge in [-0.25, -0.2) is 0 Å². The average Bonchev–Trinajstić information content (AvgIpc) is 3.06. The Balaban J connectivity index is 2.14. The summed E-state index contributed by atoms with van der Waals surface area (Å²) in [6, 6.07) is 0. The minimum Gasteiger partial charge on any atom is -0.462 e. The van der Waals surface area contributed by atoms with Crippen molar-refractivity contribution in [3.63, 3.8) is 0 Å². The number of hydrogen-bond acceptors (Lipinski definition) is 4. The van der Waals surface area contributed by atoms with E-state index in [1.54, 1.807) is 0 Å². The number of allylic oxidation sites excluding steroid dienone is 8. The molecule has 1 rings (SSSR count). The highest BCUT2D eigenvalue weighted by Gasteiger charge is 2.23. The molecule has 0 saturated carbocycles. The van der Waals surface area contributed by atoms with E-state index in [4.69, 9.17) is 4.74 Å². The van der Waals surface area contributed by atoms with Crippen LogP contribution in [0.1, 0.15) is 194 Å². The van der Waals surface area contributed by atoms with Gasteiger partial charge in [0.2, 0.25) is 0 Å². The summed E-state index contributed by atoms with van der Waals surface area (Å²) in [4.78, 5) is 14.9. The molecule has 0 atom stereocenters. The molecule has 1 saturated heterocycles. The maximum atomic E-state index is 12.6. The lowest BCUT2D eigenvalue weighted by atomic mass is 10.0. The van der Waals surface area contributed by atoms with Gasteiger partial charge in [-0.15, -0.1) is 0 Å². The van der Waals surface area contributed by atoms with Crippen LogP contribution in [0.2, 0.25) is 0 Å². The van der Waals surface area contributed by atoms with E-state index < -0.39 is 0 Å². The molecule has 0 unspecified atom stereocenters. The maximum absolute atomic E-state index is 12.6. The number of carbonyl (C=O) groups is 1. The Labute approximate surface area is 298 Å². The second-order valence-corrected chi connectivity index (χ2v) is 14.4. The predicted octanol–water partition coefficient (Wildman–Crippen LogP) is 12.8. The van der Waals surface area contributed by atoms with Crippen molar-refractivity contribution in [1.82, 2.24) is 4.90 Å². The summed E-state index contributed by atoms with van der Waals surface area (Å²) in [5, 5.41) is 9.48. The first-order valence-electron chi connectivity index (χ1n) is 20.9. The van der Waals surface area contributed by atoms with Crippen LogP contribution >= 0.6 is 0 Å². The van der Waals surface area contributed by atoms with Crippen molar-refractivity contribution in [3.8, 4) is 0 Å². The standard InChI is InChI=1S/C44H79NO3/c1-3-5-7-9-11-13-15-17-19-21-23-25-27-29-31-33-36-43(48-44(47)38-35-39-45-40-42(46)41-45)37-34-32-30-28-26-24-22-20-18-16-14-12-10-8-6-4-2/h11-14,17-20,42-43,46H,3-10,15-16,21-41H2,1-2H3/b13-11-,14-12-,19-17-,20-18-. The van der Waals surface area contributed by atoms with Crippen molar-refractivity contribution in [1.29, 1.82) is 0 Å². The number of aliphatic hydroxyl groups excluding tert-OH is 1. The number of nitrogens with zero attached hydrogens (tertiary/aromatic N) is 1. The fraction of sp³-hybridized carbons (Fsp3) is 0.795. The summed E-state index contributed by atoms with van der Waals surface area (Å²) in [6.45, 7) is 6.90. The van der Waals surface area contributed by atoms with E-state index in [2.05, 4.69) is 67.4 Å². The molecule has 0 spiro atoms. The zero-order valence-corrected chi connectivity index (χ0v) is 31.9. The maximum Gasteiger partial charge on any atom is 0.306 e. The number of likely N-dealkylation sites (tertiary alicyclic amines) is 1. The van der Waals surface area contributed by atoms with Crippen LogP contribution in [0.15, 0.2) is 48.6 Å². The molecule has 278 valence electrons. The van der Waals surface area contributed by atoms with Crippen LogP contribution in [0.25, 0.3) is 0 Å². The van der Waals surface area contributed by atoms with Gasteiger partial charge in [-0.2, -0.15) is 0 Å². The van der Waals surface area contributed by atoms with Gasteiger partial charge in [0.1, 0.15) is 6.10 Å². The van der Waals surface area contributed by atoms with Crippen LogP contribution in [0.3, 0.4) is 0 Å². The summed E-state index contributed by atoms with van der Waals surface area (Å²) in [7, 11) is 0. The van der Waals surface area contributed by atoms with Crippen LogP contribution in [0, 0.1) is 0 Å². The molecule has 0 aromatic rings. The van der Waals surface area contributed by atoms with E-state index in [1.807, 2.05) is 0 Å². The Morgan fingerprint density at radius 1 is 0.583 bits per heavy atom. The molecular formula is C44H79NO3. The van der Waals surface area contributed by atoms with Gasteiger partial charge in [-0.1, -0.05) is 140 Å². The van der Waals surface area contributed by atoms with Crippen molar-refractivity contribution in [3.05, 3.63) is 48.6 Å². The number of esters is 1. The van der Waals surface area contributed by atoms with Crippen LogP contribution < -0.4 is 0 Å². The molecule has 0 aromatic carbocycles. The first kappa shape index (κ1) is 44.4. The molecule has 48 heavy (non-hydrogen) atoms. The second-order valence-electron chi connectivity index (χ2n) is 14.4. The van der Waals surface area contributed by atoms with Crippen LogP contribution in [-0.2, 0) is 9.53 Å². The van der Waals surface area contributed by atoms with E-state index in [1.165, 1.54) is 128 Å². The summed E-state index contributed by atoms with van der Waals surface area (Å²) >= 11 is 0. The second kappa shape index (κ2) is 35.2. The van der Waals surface area contributed by atoms with Crippen molar-refractivity contribution >= 4 is 5.97 Å². The number of rotatable bonds is 35. The quantitative estimate of drug-likeness (QED) is 0.0414. The van der Waals surface area contributed by atoms with Gasteiger partial charge in [-0.3, -0.25) is 9.69 Å². The topological polar surface area (TPSA) is 49.8 Å². The van der Waals surface area contributed by atoms with Gasteiger partial charge in [0.15, 0.2) is 0 Å². The highest BCUT2D eigenvalue weighted by atomic mass is 16.5. The molecule has 1 N–H and O–H groups in total. The summed E-state index contributed by atoms with van der Waals surface area (Å²) in [5.41, 5.74) is 0. The number of unbranched alkanes of at least 4 members (excludes halogenated alkanes) is 18. The van der Waals surface area contributed by atoms with Gasteiger partial charge >= 0.3 is 5.97 Å². The minimum atomic E-state index is -0.176. The highest BCUT2D eigenvalue weighted by molar-refractivity contribution is 5.69. The zero-order chi connectivity index (χ0) is 34.6. The zero-order valence-electron chi connectivity index (χ0n) is 31.9. The number of aliphatic hydroxyl groups is 1. The first-order chi connectivity index (χ1) is 23.7. The molecule has 1 fully saturated rings. The molecule has 0 radical (unpaired) electrons. The first-order valence-corrected chi connectivity index (χ1v) is 20.9. The fourth-order valence-corrected chi connectivity index (χ4v) is 6.40. The lowest BCUT2D eigenvalue weighted by molar-refractivity contribution is -0.150. The van der Waals surface area contributed by atoms with Crippen molar-refractivity contribution in [2.24, 2.45) is 0 Å². The molecule has 0 amide bonds. The highest BCUT2D eigenvalue weighted by Crippen LogP contribution is 2.19. The lowest BCUT2D eigenvalue weighted by Crippen LogP contribution is -2.50. The number of ether oxygens (including phenoxy) is 1. The molecule has 1 aliphatic heterocycles. The molecule has 4 heteroatoms. The Hall–Kier alpha value is -1.65. The Morgan fingerprint density at radius 3 is 1.40 bits per heavy atom. The van der Waals surface area contributed by atoms with E-state index in [9.17, 15) is 9.90 Å². The molecule has 0 bridgehead atoms. The van der Waals surface area contributed by atoms with Crippen LogP contribution in [0.4, 0.5) is 0 Å². The van der Waals surface area contributed by atoms with E-state index in [0.29, 0.717) is 6.42 Å².